The molecule has 0 rings (SSSR count). The van der Waals surface area contributed by atoms with Crippen LogP contribution in [0.25, 0.3) is 0 Å². The molecule has 0 saturated carbocycles. The summed E-state index contributed by atoms with van der Waals surface area (Å²) in [6.45, 7) is 3.39. The van der Waals surface area contributed by atoms with Gasteiger partial charge in [-0.3, -0.25) is 0 Å². The molecule has 0 aliphatic heterocycles. The summed E-state index contributed by atoms with van der Waals surface area (Å²) in [6.07, 6.45) is 1.23. The van der Waals surface area contributed by atoms with Crippen LogP contribution in [0.5, 0.6) is 0 Å². The Bertz CT molecular complexity index is 79.3. The molecule has 2 heteroatoms. The van der Waals surface area contributed by atoms with Crippen molar-refractivity contribution in [3.63, 3.8) is 0 Å². The molecule has 1 atom stereocenters. The van der Waals surface area contributed by atoms with Crippen LogP contribution in [0.1, 0.15) is 13.3 Å². The van der Waals surface area contributed by atoms with Gasteiger partial charge in [-0.05, 0) is 34.6 Å². The van der Waals surface area contributed by atoms with Crippen LogP contribution in [-0.2, 0) is 0 Å². The van der Waals surface area contributed by atoms with E-state index in [1.807, 2.05) is 0 Å². The van der Waals surface area contributed by atoms with Crippen LogP contribution >= 0.6 is 0 Å². The summed E-state index contributed by atoms with van der Waals surface area (Å²) >= 11 is 0. The molecule has 0 heterocycles. The highest BCUT2D eigenvalue weighted by molar-refractivity contribution is 4.65. The van der Waals surface area contributed by atoms with E-state index in [2.05, 4.69) is 44.9 Å². The van der Waals surface area contributed by atoms with Gasteiger partial charge in [0.25, 0.3) is 0 Å². The van der Waals surface area contributed by atoms with E-state index in [-0.39, 0.29) is 0 Å². The average molecular weight is 144 g/mol. The van der Waals surface area contributed by atoms with E-state index in [4.69, 9.17) is 0 Å². The van der Waals surface area contributed by atoms with Crippen LogP contribution in [0.4, 0.5) is 0 Å². The highest BCUT2D eigenvalue weighted by atomic mass is 15.2. The van der Waals surface area contributed by atoms with Crippen molar-refractivity contribution >= 4 is 0 Å². The fourth-order valence-electron chi connectivity index (χ4n) is 1.08. The van der Waals surface area contributed by atoms with Crippen LogP contribution < -0.4 is 0 Å². The fraction of sp³-hybridized carbons (Fsp3) is 1.00. The van der Waals surface area contributed by atoms with E-state index < -0.39 is 0 Å². The zero-order valence-corrected chi connectivity index (χ0v) is 7.89. The van der Waals surface area contributed by atoms with E-state index in [9.17, 15) is 0 Å². The topological polar surface area (TPSA) is 6.48 Å². The summed E-state index contributed by atoms with van der Waals surface area (Å²) in [7, 11) is 8.51. The number of hydrogen-bond acceptors (Lipinski definition) is 2. The predicted octanol–water partition coefficient (Wildman–Crippen LogP) is 0.888. The third-order valence-electron chi connectivity index (χ3n) is 1.78. The molecule has 0 N–H and O–H groups in total. The van der Waals surface area contributed by atoms with Gasteiger partial charge in [0.05, 0.1) is 0 Å². The highest BCUT2D eigenvalue weighted by Crippen LogP contribution is 1.98. The first-order chi connectivity index (χ1) is 4.57. The van der Waals surface area contributed by atoms with Gasteiger partial charge in [0.1, 0.15) is 0 Å². The molecule has 0 spiro atoms. The van der Waals surface area contributed by atoms with Crippen molar-refractivity contribution < 1.29 is 0 Å². The fourth-order valence-corrected chi connectivity index (χ4v) is 1.08. The first kappa shape index (κ1) is 9.92. The van der Waals surface area contributed by atoms with Crippen molar-refractivity contribution in [2.75, 3.05) is 34.7 Å². The first-order valence-corrected chi connectivity index (χ1v) is 3.89. The summed E-state index contributed by atoms with van der Waals surface area (Å²) < 4.78 is 0. The van der Waals surface area contributed by atoms with Gasteiger partial charge < -0.3 is 9.80 Å². The normalized spacial score (nSPS) is 14.7. The summed E-state index contributed by atoms with van der Waals surface area (Å²) in [5.74, 6) is 0. The Hall–Kier alpha value is -0.0800. The molecule has 0 fully saturated rings. The summed E-state index contributed by atoms with van der Waals surface area (Å²) in [5.41, 5.74) is 0. The van der Waals surface area contributed by atoms with Gasteiger partial charge >= 0.3 is 0 Å². The van der Waals surface area contributed by atoms with Crippen molar-refractivity contribution in [2.24, 2.45) is 0 Å². The molecule has 0 radical (unpaired) electrons. The van der Waals surface area contributed by atoms with Gasteiger partial charge in [0.15, 0.2) is 0 Å². The maximum atomic E-state index is 2.28. The van der Waals surface area contributed by atoms with Crippen LogP contribution in [0, 0.1) is 0 Å². The van der Waals surface area contributed by atoms with Gasteiger partial charge in [-0.25, -0.2) is 0 Å². The van der Waals surface area contributed by atoms with Crippen LogP contribution in [0.3, 0.4) is 0 Å². The van der Waals surface area contributed by atoms with Gasteiger partial charge in [-0.1, -0.05) is 6.92 Å². The number of nitrogens with zero attached hydrogens (tertiary/aromatic N) is 2. The SMILES string of the molecule is CC[C@H](CN(C)C)N(C)C. The molecule has 0 aliphatic carbocycles. The van der Waals surface area contributed by atoms with Crippen molar-refractivity contribution in [1.29, 1.82) is 0 Å². The minimum Gasteiger partial charge on any atom is -0.308 e. The van der Waals surface area contributed by atoms with Crippen molar-refractivity contribution in [3.8, 4) is 0 Å². The quantitative estimate of drug-likeness (QED) is 0.578. The average Bonchev–Trinajstić information content (AvgIpc) is 1.81. The number of rotatable bonds is 4. The van der Waals surface area contributed by atoms with Crippen molar-refractivity contribution in [2.45, 2.75) is 19.4 Å². The summed E-state index contributed by atoms with van der Waals surface area (Å²) in [5, 5.41) is 0. The highest BCUT2D eigenvalue weighted by Gasteiger charge is 2.08. The van der Waals surface area contributed by atoms with E-state index >= 15 is 0 Å². The maximum Gasteiger partial charge on any atom is 0.0214 e. The van der Waals surface area contributed by atoms with E-state index in [0.29, 0.717) is 6.04 Å². The monoisotopic (exact) mass is 144 g/mol. The Kier molecular flexibility index (Phi) is 4.65. The molecular formula is C8H20N2. The third-order valence-corrected chi connectivity index (χ3v) is 1.78. The molecule has 0 aromatic heterocycles. The first-order valence-electron chi connectivity index (χ1n) is 3.89. The van der Waals surface area contributed by atoms with Crippen molar-refractivity contribution in [3.05, 3.63) is 0 Å². The molecule has 0 unspecified atom stereocenters. The smallest absolute Gasteiger partial charge is 0.0214 e. The third kappa shape index (κ3) is 3.85. The lowest BCUT2D eigenvalue weighted by Gasteiger charge is -2.25. The molecule has 0 aliphatic rings. The van der Waals surface area contributed by atoms with Crippen LogP contribution in [-0.4, -0.2) is 50.6 Å². The van der Waals surface area contributed by atoms with Gasteiger partial charge in [-0.2, -0.15) is 0 Å². The molecule has 0 saturated heterocycles. The minimum atomic E-state index is 0.704. The second-order valence-electron chi connectivity index (χ2n) is 3.29. The summed E-state index contributed by atoms with van der Waals surface area (Å²) in [6, 6.07) is 0.704. The zero-order valence-electron chi connectivity index (χ0n) is 7.89. The van der Waals surface area contributed by atoms with Crippen LogP contribution in [0.2, 0.25) is 0 Å². The maximum absolute atomic E-state index is 2.28. The predicted molar refractivity (Wildman–Crippen MR) is 46.3 cm³/mol. The van der Waals surface area contributed by atoms with E-state index in [0.717, 1.165) is 6.54 Å². The molecular weight excluding hydrogens is 124 g/mol. The number of likely N-dealkylation sites (N-methyl/N-ethyl adjacent to an activating group) is 2. The molecule has 62 valence electrons. The summed E-state index contributed by atoms with van der Waals surface area (Å²) in [4.78, 5) is 4.51. The van der Waals surface area contributed by atoms with Crippen LogP contribution in [0.15, 0.2) is 0 Å². The Morgan fingerprint density at radius 1 is 1.10 bits per heavy atom. The second kappa shape index (κ2) is 4.69. The standard InChI is InChI=1S/C8H20N2/c1-6-8(10(4)5)7-9(2)3/h8H,6-7H2,1-5H3/t8-/m1/s1. The van der Waals surface area contributed by atoms with E-state index in [1.165, 1.54) is 6.42 Å². The Morgan fingerprint density at radius 2 is 1.60 bits per heavy atom. The van der Waals surface area contributed by atoms with Crippen molar-refractivity contribution in [1.82, 2.24) is 9.80 Å². The molecule has 2 nitrogen and oxygen atoms in total. The van der Waals surface area contributed by atoms with Gasteiger partial charge in [-0.15, -0.1) is 0 Å². The Morgan fingerprint density at radius 3 is 1.70 bits per heavy atom. The molecule has 0 bridgehead atoms. The Balaban J connectivity index is 3.60. The minimum absolute atomic E-state index is 0.704. The Labute approximate surface area is 64.8 Å². The largest absolute Gasteiger partial charge is 0.308 e. The lowest BCUT2D eigenvalue weighted by molar-refractivity contribution is 0.223. The molecule has 0 aromatic rings. The van der Waals surface area contributed by atoms with Gasteiger partial charge in [0.2, 0.25) is 0 Å². The van der Waals surface area contributed by atoms with E-state index in [1.54, 1.807) is 0 Å². The lowest BCUT2D eigenvalue weighted by Crippen LogP contribution is -2.36. The second-order valence-corrected chi connectivity index (χ2v) is 3.29. The zero-order chi connectivity index (χ0) is 8.15. The lowest BCUT2D eigenvalue weighted by atomic mass is 10.2. The number of hydrogen-bond donors (Lipinski definition) is 0. The van der Waals surface area contributed by atoms with Gasteiger partial charge in [0, 0.05) is 12.6 Å². The molecule has 0 aromatic carbocycles. The molecule has 0 amide bonds. The molecule has 10 heavy (non-hydrogen) atoms.